The largest absolute Gasteiger partial charge is 0.482 e. The minimum atomic E-state index is -0.534. The highest BCUT2D eigenvalue weighted by Crippen LogP contribution is 2.17. The summed E-state index contributed by atoms with van der Waals surface area (Å²) in [6.07, 6.45) is 0.933. The van der Waals surface area contributed by atoms with Crippen molar-refractivity contribution < 1.29 is 13.9 Å². The van der Waals surface area contributed by atoms with Crippen LogP contribution in [0, 0.1) is 5.82 Å². The first kappa shape index (κ1) is 14.3. The number of para-hydroxylation sites is 1. The summed E-state index contributed by atoms with van der Waals surface area (Å²) in [6, 6.07) is 14.8. The molecule has 0 saturated carbocycles. The molecule has 2 nitrogen and oxygen atoms in total. The fourth-order valence-corrected chi connectivity index (χ4v) is 1.97. The van der Waals surface area contributed by atoms with Crippen molar-refractivity contribution in [2.45, 2.75) is 25.9 Å². The molecule has 0 bridgehead atoms. The van der Waals surface area contributed by atoms with Crippen LogP contribution in [0.2, 0.25) is 0 Å². The Balaban J connectivity index is 2.15. The van der Waals surface area contributed by atoms with Crippen molar-refractivity contribution in [3.05, 3.63) is 66.0 Å². The van der Waals surface area contributed by atoms with Crippen molar-refractivity contribution in [2.24, 2.45) is 0 Å². The Labute approximate surface area is 118 Å². The first-order chi connectivity index (χ1) is 9.70. The van der Waals surface area contributed by atoms with Gasteiger partial charge in [-0.25, -0.2) is 4.39 Å². The molecule has 0 amide bonds. The molecule has 104 valence electrons. The van der Waals surface area contributed by atoms with Crippen molar-refractivity contribution in [2.75, 3.05) is 0 Å². The second-order valence-corrected chi connectivity index (χ2v) is 4.58. The maximum atomic E-state index is 12.9. The van der Waals surface area contributed by atoms with Crippen molar-refractivity contribution in [3.8, 4) is 5.75 Å². The highest BCUT2D eigenvalue weighted by atomic mass is 19.1. The molecule has 0 N–H and O–H groups in total. The molecule has 0 aliphatic carbocycles. The molecule has 0 aliphatic rings. The van der Waals surface area contributed by atoms with E-state index in [-0.39, 0.29) is 11.6 Å². The minimum Gasteiger partial charge on any atom is -0.482 e. The van der Waals surface area contributed by atoms with E-state index in [9.17, 15) is 9.18 Å². The van der Waals surface area contributed by atoms with Crippen LogP contribution in [0.15, 0.2) is 54.6 Å². The summed E-state index contributed by atoms with van der Waals surface area (Å²) in [4.78, 5) is 12.4. The van der Waals surface area contributed by atoms with Crippen LogP contribution >= 0.6 is 0 Å². The van der Waals surface area contributed by atoms with Crippen molar-refractivity contribution in [3.63, 3.8) is 0 Å². The lowest BCUT2D eigenvalue weighted by Gasteiger charge is -2.17. The fraction of sp³-hybridized carbons (Fsp3) is 0.235. The zero-order valence-corrected chi connectivity index (χ0v) is 11.4. The van der Waals surface area contributed by atoms with Crippen LogP contribution < -0.4 is 4.74 Å². The van der Waals surface area contributed by atoms with Gasteiger partial charge in [0.25, 0.3) is 0 Å². The topological polar surface area (TPSA) is 26.3 Å². The Morgan fingerprint density at radius 3 is 2.35 bits per heavy atom. The molecule has 0 heterocycles. The summed E-state index contributed by atoms with van der Waals surface area (Å²) in [5, 5.41) is 0. The van der Waals surface area contributed by atoms with Gasteiger partial charge in [0.1, 0.15) is 11.6 Å². The molecule has 0 fully saturated rings. The molecule has 2 aromatic rings. The maximum absolute atomic E-state index is 12.9. The molecule has 20 heavy (non-hydrogen) atoms. The lowest BCUT2D eigenvalue weighted by Crippen LogP contribution is -2.27. The van der Waals surface area contributed by atoms with Gasteiger partial charge in [0.05, 0.1) is 0 Å². The van der Waals surface area contributed by atoms with Gasteiger partial charge in [-0.15, -0.1) is 0 Å². The second kappa shape index (κ2) is 6.85. The number of Topliss-reactive ketones (excluding diaryl/α,β-unsaturated/α-hetero) is 1. The molecule has 3 heteroatoms. The molecule has 0 aliphatic heterocycles. The van der Waals surface area contributed by atoms with Gasteiger partial charge in [0.15, 0.2) is 6.10 Å². The van der Waals surface area contributed by atoms with E-state index in [0.717, 1.165) is 6.42 Å². The monoisotopic (exact) mass is 272 g/mol. The van der Waals surface area contributed by atoms with Crippen LogP contribution in [-0.2, 0) is 0 Å². The van der Waals surface area contributed by atoms with Crippen LogP contribution in [-0.4, -0.2) is 11.9 Å². The fourth-order valence-electron chi connectivity index (χ4n) is 1.97. The van der Waals surface area contributed by atoms with E-state index in [1.54, 1.807) is 0 Å². The van der Waals surface area contributed by atoms with Crippen LogP contribution in [0.25, 0.3) is 0 Å². The number of ether oxygens (including phenoxy) is 1. The van der Waals surface area contributed by atoms with E-state index in [0.29, 0.717) is 17.7 Å². The van der Waals surface area contributed by atoms with Gasteiger partial charge in [0.2, 0.25) is 5.78 Å². The average molecular weight is 272 g/mol. The molecular formula is C17H17FO2. The van der Waals surface area contributed by atoms with Gasteiger partial charge in [0, 0.05) is 5.56 Å². The van der Waals surface area contributed by atoms with Gasteiger partial charge < -0.3 is 4.74 Å². The molecule has 2 rings (SSSR count). The standard InChI is InChI=1S/C17H17FO2/c1-2-6-16(20-15-7-4-3-5-8-15)17(19)13-9-11-14(18)12-10-13/h3-5,7-12,16H,2,6H2,1H3. The summed E-state index contributed by atoms with van der Waals surface area (Å²) < 4.78 is 18.7. The van der Waals surface area contributed by atoms with Gasteiger partial charge in [-0.2, -0.15) is 0 Å². The summed E-state index contributed by atoms with van der Waals surface area (Å²) in [5.74, 6) is 0.203. The third-order valence-corrected chi connectivity index (χ3v) is 2.99. The lowest BCUT2D eigenvalue weighted by atomic mass is 10.0. The smallest absolute Gasteiger partial charge is 0.203 e. The highest BCUT2D eigenvalue weighted by Gasteiger charge is 2.21. The number of hydrogen-bond acceptors (Lipinski definition) is 2. The number of ketones is 1. The first-order valence-corrected chi connectivity index (χ1v) is 6.72. The van der Waals surface area contributed by atoms with Crippen molar-refractivity contribution in [1.82, 2.24) is 0 Å². The number of carbonyl (C=O) groups is 1. The number of halogens is 1. The van der Waals surface area contributed by atoms with Gasteiger partial charge in [-0.1, -0.05) is 31.5 Å². The van der Waals surface area contributed by atoms with E-state index in [1.165, 1.54) is 24.3 Å². The molecule has 0 spiro atoms. The third-order valence-electron chi connectivity index (χ3n) is 2.99. The molecule has 0 saturated heterocycles. The summed E-state index contributed by atoms with van der Waals surface area (Å²) in [7, 11) is 0. The SMILES string of the molecule is CCCC(Oc1ccccc1)C(=O)c1ccc(F)cc1. The number of benzene rings is 2. The normalized spacial score (nSPS) is 11.9. The predicted molar refractivity (Wildman–Crippen MR) is 76.5 cm³/mol. The zero-order valence-electron chi connectivity index (χ0n) is 11.4. The molecular weight excluding hydrogens is 255 g/mol. The quantitative estimate of drug-likeness (QED) is 0.735. The van der Waals surface area contributed by atoms with E-state index in [1.807, 2.05) is 37.3 Å². The zero-order chi connectivity index (χ0) is 14.4. The first-order valence-electron chi connectivity index (χ1n) is 6.72. The Bertz CT molecular complexity index is 549. The molecule has 0 aromatic heterocycles. The molecule has 1 unspecified atom stereocenters. The highest BCUT2D eigenvalue weighted by molar-refractivity contribution is 5.99. The Kier molecular flexibility index (Phi) is 4.88. The van der Waals surface area contributed by atoms with Crippen LogP contribution in [0.1, 0.15) is 30.1 Å². The van der Waals surface area contributed by atoms with E-state index in [2.05, 4.69) is 0 Å². The maximum Gasteiger partial charge on any atom is 0.203 e. The lowest BCUT2D eigenvalue weighted by molar-refractivity contribution is 0.0777. The van der Waals surface area contributed by atoms with Gasteiger partial charge in [-0.3, -0.25) is 4.79 Å². The van der Waals surface area contributed by atoms with Gasteiger partial charge >= 0.3 is 0 Å². The number of rotatable bonds is 6. The van der Waals surface area contributed by atoms with Crippen molar-refractivity contribution >= 4 is 5.78 Å². The Morgan fingerprint density at radius 1 is 1.10 bits per heavy atom. The summed E-state index contributed by atoms with van der Waals surface area (Å²) in [5.41, 5.74) is 0.473. The average Bonchev–Trinajstić information content (AvgIpc) is 2.48. The van der Waals surface area contributed by atoms with E-state index < -0.39 is 6.10 Å². The predicted octanol–water partition coefficient (Wildman–Crippen LogP) is 4.26. The van der Waals surface area contributed by atoms with E-state index in [4.69, 9.17) is 4.74 Å². The van der Waals surface area contributed by atoms with Gasteiger partial charge in [-0.05, 0) is 42.8 Å². The summed E-state index contributed by atoms with van der Waals surface area (Å²) >= 11 is 0. The Hall–Kier alpha value is -2.16. The second-order valence-electron chi connectivity index (χ2n) is 4.58. The summed E-state index contributed by atoms with van der Waals surface area (Å²) in [6.45, 7) is 2.00. The minimum absolute atomic E-state index is 0.115. The Morgan fingerprint density at radius 2 is 1.75 bits per heavy atom. The van der Waals surface area contributed by atoms with Crippen LogP contribution in [0.5, 0.6) is 5.75 Å². The number of hydrogen-bond donors (Lipinski definition) is 0. The molecule has 1 atom stereocenters. The molecule has 2 aromatic carbocycles. The molecule has 0 radical (unpaired) electrons. The van der Waals surface area contributed by atoms with Crippen LogP contribution in [0.4, 0.5) is 4.39 Å². The third kappa shape index (κ3) is 3.67. The van der Waals surface area contributed by atoms with E-state index >= 15 is 0 Å². The van der Waals surface area contributed by atoms with Crippen molar-refractivity contribution in [1.29, 1.82) is 0 Å². The number of carbonyl (C=O) groups excluding carboxylic acids is 1. The van der Waals surface area contributed by atoms with Crippen LogP contribution in [0.3, 0.4) is 0 Å².